The van der Waals surface area contributed by atoms with Crippen LogP contribution >= 0.6 is 0 Å². The molecule has 1 saturated carbocycles. The summed E-state index contributed by atoms with van der Waals surface area (Å²) in [6, 6.07) is -0.285. The summed E-state index contributed by atoms with van der Waals surface area (Å²) in [5.74, 6) is 6.42. The maximum Gasteiger partial charge on any atom is 0.144 e. The van der Waals surface area contributed by atoms with Gasteiger partial charge in [0.2, 0.25) is 0 Å². The first-order chi connectivity index (χ1) is 6.56. The van der Waals surface area contributed by atoms with Crippen LogP contribution in [0.3, 0.4) is 0 Å². The maximum absolute atomic E-state index is 10.8. The first kappa shape index (κ1) is 11.0. The minimum atomic E-state index is -0.285. The topological polar surface area (TPSA) is 72.3 Å². The van der Waals surface area contributed by atoms with Crippen molar-refractivity contribution in [1.29, 1.82) is 0 Å². The number of hydrogen-bond donors (Lipinski definition) is 2. The van der Waals surface area contributed by atoms with Gasteiger partial charge in [-0.3, -0.25) is 0 Å². The van der Waals surface area contributed by atoms with E-state index < -0.39 is 0 Å². The third-order valence-electron chi connectivity index (χ3n) is 2.51. The van der Waals surface area contributed by atoms with E-state index in [0.717, 1.165) is 24.8 Å². The average molecular weight is 197 g/mol. The van der Waals surface area contributed by atoms with Gasteiger partial charge in [-0.25, -0.2) is 5.84 Å². The van der Waals surface area contributed by atoms with E-state index in [0.29, 0.717) is 5.92 Å². The van der Waals surface area contributed by atoms with Gasteiger partial charge in [-0.15, -0.1) is 0 Å². The molecule has 1 atom stereocenters. The van der Waals surface area contributed by atoms with Crippen LogP contribution in [0, 0.1) is 11.8 Å². The molecule has 0 heterocycles. The number of carbonyl (C=O) groups is 1. The lowest BCUT2D eigenvalue weighted by Crippen LogP contribution is -2.42. The van der Waals surface area contributed by atoms with Crippen molar-refractivity contribution in [1.82, 2.24) is 5.01 Å². The van der Waals surface area contributed by atoms with E-state index in [1.165, 1.54) is 5.01 Å². The fourth-order valence-electron chi connectivity index (χ4n) is 1.35. The van der Waals surface area contributed by atoms with Crippen molar-refractivity contribution in [2.24, 2.45) is 23.4 Å². The van der Waals surface area contributed by atoms with Gasteiger partial charge in [-0.2, -0.15) is 0 Å². The quantitative estimate of drug-likeness (QED) is 0.384. The zero-order chi connectivity index (χ0) is 10.7. The van der Waals surface area contributed by atoms with Crippen LogP contribution < -0.4 is 11.6 Å². The normalized spacial score (nSPS) is 19.6. The molecule has 4 heteroatoms. The van der Waals surface area contributed by atoms with E-state index in [1.54, 1.807) is 6.20 Å². The first-order valence-corrected chi connectivity index (χ1v) is 5.01. The molecule has 0 amide bonds. The van der Waals surface area contributed by atoms with Crippen molar-refractivity contribution in [2.45, 2.75) is 32.7 Å². The maximum atomic E-state index is 10.8. The Kier molecular flexibility index (Phi) is 3.52. The van der Waals surface area contributed by atoms with Crippen LogP contribution in [0.5, 0.6) is 0 Å². The predicted octanol–water partition coefficient (Wildman–Crippen LogP) is 0.596. The lowest BCUT2D eigenvalue weighted by Gasteiger charge is -2.24. The molecule has 80 valence electrons. The van der Waals surface area contributed by atoms with Gasteiger partial charge in [-0.1, -0.05) is 13.8 Å². The molecule has 0 aromatic heterocycles. The number of aldehydes is 1. The smallest absolute Gasteiger partial charge is 0.144 e. The number of allylic oxidation sites excluding steroid dienone is 1. The second-order valence-corrected chi connectivity index (χ2v) is 4.22. The number of carbonyl (C=O) groups excluding carboxylic acids is 1. The van der Waals surface area contributed by atoms with Crippen LogP contribution in [-0.4, -0.2) is 17.3 Å². The Labute approximate surface area is 84.9 Å². The van der Waals surface area contributed by atoms with Crippen molar-refractivity contribution in [2.75, 3.05) is 0 Å². The summed E-state index contributed by atoms with van der Waals surface area (Å²) < 4.78 is 0. The lowest BCUT2D eigenvalue weighted by atomic mass is 10.1. The Hall–Kier alpha value is -1.03. The summed E-state index contributed by atoms with van der Waals surface area (Å²) in [6.45, 7) is 3.92. The van der Waals surface area contributed by atoms with Crippen LogP contribution in [-0.2, 0) is 4.79 Å². The van der Waals surface area contributed by atoms with E-state index in [4.69, 9.17) is 11.6 Å². The van der Waals surface area contributed by atoms with Gasteiger partial charge < -0.3 is 15.5 Å². The van der Waals surface area contributed by atoms with E-state index in [-0.39, 0.29) is 12.0 Å². The van der Waals surface area contributed by atoms with Crippen molar-refractivity contribution >= 4 is 6.29 Å². The van der Waals surface area contributed by atoms with Crippen LogP contribution in [0.25, 0.3) is 0 Å². The second kappa shape index (κ2) is 4.46. The molecule has 4 N–H and O–H groups in total. The standard InChI is InChI=1S/C10H19N3O/c1-7(2)10(6-14)13(12)5-9(11)8-3-4-8/h5-8,10H,3-4,11-12H2,1-2H3/b9-5-. The third kappa shape index (κ3) is 2.73. The Bertz CT molecular complexity index is 234. The molecule has 0 aromatic carbocycles. The van der Waals surface area contributed by atoms with E-state index in [2.05, 4.69) is 0 Å². The highest BCUT2D eigenvalue weighted by atomic mass is 16.1. The van der Waals surface area contributed by atoms with E-state index in [1.807, 2.05) is 13.8 Å². The number of hydrogen-bond acceptors (Lipinski definition) is 4. The highest BCUT2D eigenvalue weighted by Crippen LogP contribution is 2.33. The highest BCUT2D eigenvalue weighted by molar-refractivity contribution is 5.58. The number of rotatable bonds is 5. The van der Waals surface area contributed by atoms with Gasteiger partial charge in [-0.05, 0) is 18.8 Å². The fourth-order valence-corrected chi connectivity index (χ4v) is 1.35. The molecule has 1 unspecified atom stereocenters. The molecular formula is C10H19N3O. The van der Waals surface area contributed by atoms with Gasteiger partial charge in [0.05, 0.1) is 0 Å². The molecule has 1 aliphatic carbocycles. The van der Waals surface area contributed by atoms with Crippen molar-refractivity contribution in [3.8, 4) is 0 Å². The fraction of sp³-hybridized carbons (Fsp3) is 0.700. The largest absolute Gasteiger partial charge is 0.401 e. The summed E-state index contributed by atoms with van der Waals surface area (Å²) in [5, 5.41) is 1.42. The van der Waals surface area contributed by atoms with E-state index >= 15 is 0 Å². The Balaban J connectivity index is 2.57. The first-order valence-electron chi connectivity index (χ1n) is 5.01. The highest BCUT2D eigenvalue weighted by Gasteiger charge is 2.25. The zero-order valence-electron chi connectivity index (χ0n) is 8.81. The van der Waals surface area contributed by atoms with Crippen LogP contribution in [0.2, 0.25) is 0 Å². The molecule has 4 nitrogen and oxygen atoms in total. The molecule has 0 aliphatic heterocycles. The molecule has 0 saturated heterocycles. The van der Waals surface area contributed by atoms with Gasteiger partial charge in [0.25, 0.3) is 0 Å². The monoisotopic (exact) mass is 197 g/mol. The molecule has 1 aliphatic rings. The Morgan fingerprint density at radius 1 is 1.50 bits per heavy atom. The summed E-state index contributed by atoms with van der Waals surface area (Å²) >= 11 is 0. The molecular weight excluding hydrogens is 178 g/mol. The zero-order valence-corrected chi connectivity index (χ0v) is 8.81. The summed E-state index contributed by atoms with van der Waals surface area (Å²) in [7, 11) is 0. The van der Waals surface area contributed by atoms with Gasteiger partial charge in [0, 0.05) is 17.8 Å². The molecule has 0 bridgehead atoms. The van der Waals surface area contributed by atoms with E-state index in [9.17, 15) is 4.79 Å². The van der Waals surface area contributed by atoms with Crippen LogP contribution in [0.4, 0.5) is 0 Å². The van der Waals surface area contributed by atoms with Crippen LogP contribution in [0.1, 0.15) is 26.7 Å². The average Bonchev–Trinajstić information content (AvgIpc) is 2.85. The lowest BCUT2D eigenvalue weighted by molar-refractivity contribution is -0.112. The third-order valence-corrected chi connectivity index (χ3v) is 2.51. The Morgan fingerprint density at radius 3 is 2.43 bits per heavy atom. The number of hydrazine groups is 1. The number of nitrogens with zero attached hydrogens (tertiary/aromatic N) is 1. The van der Waals surface area contributed by atoms with Gasteiger partial charge in [0.15, 0.2) is 0 Å². The van der Waals surface area contributed by atoms with Gasteiger partial charge in [0.1, 0.15) is 12.3 Å². The predicted molar refractivity (Wildman–Crippen MR) is 55.7 cm³/mol. The summed E-state index contributed by atoms with van der Waals surface area (Å²) in [4.78, 5) is 10.8. The summed E-state index contributed by atoms with van der Waals surface area (Å²) in [5.41, 5.74) is 6.59. The number of nitrogens with two attached hydrogens (primary N) is 2. The SMILES string of the molecule is CC(C)C(C=O)N(N)/C=C(\N)C1CC1. The Morgan fingerprint density at radius 2 is 2.07 bits per heavy atom. The summed E-state index contributed by atoms with van der Waals surface area (Å²) in [6.07, 6.45) is 4.84. The van der Waals surface area contributed by atoms with Crippen LogP contribution in [0.15, 0.2) is 11.9 Å². The molecule has 0 radical (unpaired) electrons. The molecule has 1 rings (SSSR count). The van der Waals surface area contributed by atoms with Gasteiger partial charge >= 0.3 is 0 Å². The molecule has 0 spiro atoms. The molecule has 14 heavy (non-hydrogen) atoms. The van der Waals surface area contributed by atoms with Crippen molar-refractivity contribution < 1.29 is 4.79 Å². The minimum absolute atomic E-state index is 0.195. The van der Waals surface area contributed by atoms with Crippen molar-refractivity contribution in [3.63, 3.8) is 0 Å². The minimum Gasteiger partial charge on any atom is -0.401 e. The molecule has 0 aromatic rings. The second-order valence-electron chi connectivity index (χ2n) is 4.22. The molecule has 1 fully saturated rings. The van der Waals surface area contributed by atoms with Crippen molar-refractivity contribution in [3.05, 3.63) is 11.9 Å².